The molecule has 200 valence electrons. The van der Waals surface area contributed by atoms with Gasteiger partial charge in [0.2, 0.25) is 11.5 Å². The molecule has 0 saturated carbocycles. The number of benzene rings is 2. The van der Waals surface area contributed by atoms with Crippen LogP contribution in [0, 0.1) is 17.6 Å². The Morgan fingerprint density at radius 2 is 1.76 bits per heavy atom. The van der Waals surface area contributed by atoms with E-state index >= 15 is 0 Å². The van der Waals surface area contributed by atoms with Crippen LogP contribution in [0.5, 0.6) is 5.75 Å². The van der Waals surface area contributed by atoms with Crippen LogP contribution in [-0.2, 0) is 0 Å². The van der Waals surface area contributed by atoms with E-state index in [1.54, 1.807) is 0 Å². The fourth-order valence-electron chi connectivity index (χ4n) is 3.93. The number of rotatable bonds is 6. The molecule has 0 aliphatic rings. The van der Waals surface area contributed by atoms with Gasteiger partial charge in [-0.3, -0.25) is 9.36 Å². The molecule has 4 N–H and O–H groups in total. The molecule has 2 unspecified atom stereocenters. The number of aromatic nitrogens is 2. The molecule has 7 nitrogen and oxygen atoms in total. The van der Waals surface area contributed by atoms with Crippen molar-refractivity contribution >= 4 is 28.2 Å². The normalized spacial score (nSPS) is 14.3. The predicted molar refractivity (Wildman–Crippen MR) is 125 cm³/mol. The second-order valence-electron chi connectivity index (χ2n) is 8.17. The van der Waals surface area contributed by atoms with Crippen LogP contribution in [-0.4, -0.2) is 43.3 Å². The first-order valence-electron chi connectivity index (χ1n) is 10.6. The number of hydrogen-bond acceptors (Lipinski definition) is 6. The van der Waals surface area contributed by atoms with Crippen molar-refractivity contribution in [3.63, 3.8) is 0 Å². The number of aliphatic hydroxyl groups excluding tert-OH is 1. The Kier molecular flexibility index (Phi) is 7.03. The van der Waals surface area contributed by atoms with Gasteiger partial charge in [0.25, 0.3) is 5.56 Å². The van der Waals surface area contributed by atoms with Crippen LogP contribution in [0.1, 0.15) is 11.6 Å². The zero-order chi connectivity index (χ0) is 28.0. The van der Waals surface area contributed by atoms with Gasteiger partial charge in [-0.2, -0.15) is 17.6 Å². The standard InChI is InChI=1S/C24H16ClF6N3O4/c25-14-6-4-13(21(37)20(14)28)22(23(38,10-35)24(29,30)31)32-15-8-11(26)9-16-12(15)5-7-19(36)34(16)18-3-1-2-17(27)33-18/h1-9,22,32,35,37-38H,10H2. The molecule has 14 heteroatoms. The van der Waals surface area contributed by atoms with Gasteiger partial charge in [-0.1, -0.05) is 23.7 Å². The minimum atomic E-state index is -5.56. The van der Waals surface area contributed by atoms with Crippen LogP contribution in [0.25, 0.3) is 16.7 Å². The molecule has 0 amide bonds. The number of nitrogens with zero attached hydrogens (tertiary/aromatic N) is 2. The van der Waals surface area contributed by atoms with Gasteiger partial charge >= 0.3 is 6.18 Å². The third-order valence-electron chi connectivity index (χ3n) is 5.83. The van der Waals surface area contributed by atoms with E-state index < -0.39 is 69.6 Å². The van der Waals surface area contributed by atoms with Crippen molar-refractivity contribution in [1.82, 2.24) is 9.55 Å². The highest BCUT2D eigenvalue weighted by atomic mass is 35.5. The minimum Gasteiger partial charge on any atom is -0.505 e. The summed E-state index contributed by atoms with van der Waals surface area (Å²) in [6, 6.07) is 6.11. The monoisotopic (exact) mass is 559 g/mol. The summed E-state index contributed by atoms with van der Waals surface area (Å²) in [5.41, 5.74) is -6.44. The van der Waals surface area contributed by atoms with Crippen LogP contribution < -0.4 is 10.9 Å². The summed E-state index contributed by atoms with van der Waals surface area (Å²) in [6.45, 7) is -1.96. The summed E-state index contributed by atoms with van der Waals surface area (Å²) >= 11 is 5.59. The number of halogens is 7. The predicted octanol–water partition coefficient (Wildman–Crippen LogP) is 4.60. The van der Waals surface area contributed by atoms with Gasteiger partial charge in [-0.15, -0.1) is 0 Å². The first-order chi connectivity index (χ1) is 17.8. The molecule has 2 atom stereocenters. The molecule has 4 rings (SSSR count). The fraction of sp³-hybridized carbons (Fsp3) is 0.167. The zero-order valence-electron chi connectivity index (χ0n) is 18.8. The lowest BCUT2D eigenvalue weighted by molar-refractivity contribution is -0.277. The summed E-state index contributed by atoms with van der Waals surface area (Å²) in [7, 11) is 0. The highest BCUT2D eigenvalue weighted by Gasteiger charge is 2.59. The van der Waals surface area contributed by atoms with Crippen molar-refractivity contribution in [2.75, 3.05) is 11.9 Å². The number of aliphatic hydroxyl groups is 2. The van der Waals surface area contributed by atoms with Crippen LogP contribution >= 0.6 is 11.6 Å². The van der Waals surface area contributed by atoms with Gasteiger partial charge in [0.1, 0.15) is 11.6 Å². The molecule has 0 fully saturated rings. The molecule has 0 saturated heterocycles. The average molecular weight is 560 g/mol. The minimum absolute atomic E-state index is 0.113. The molecule has 2 aromatic carbocycles. The maximum absolute atomic E-state index is 14.8. The van der Waals surface area contributed by atoms with E-state index in [1.165, 1.54) is 12.1 Å². The second kappa shape index (κ2) is 9.82. The van der Waals surface area contributed by atoms with Crippen molar-refractivity contribution in [2.45, 2.75) is 17.8 Å². The Balaban J connectivity index is 2.00. The smallest absolute Gasteiger partial charge is 0.421 e. The molecule has 0 bridgehead atoms. The molecule has 2 heterocycles. The lowest BCUT2D eigenvalue weighted by atomic mass is 9.87. The molecule has 0 aliphatic carbocycles. The highest BCUT2D eigenvalue weighted by molar-refractivity contribution is 6.30. The number of phenolic OH excluding ortho intramolecular Hbond substituents is 1. The number of nitrogens with one attached hydrogen (secondary N) is 1. The average Bonchev–Trinajstić information content (AvgIpc) is 2.84. The lowest BCUT2D eigenvalue weighted by Crippen LogP contribution is -2.55. The number of alkyl halides is 3. The summed E-state index contributed by atoms with van der Waals surface area (Å²) in [6.07, 6.45) is -5.56. The molecular weight excluding hydrogens is 544 g/mol. The number of anilines is 1. The first-order valence-corrected chi connectivity index (χ1v) is 11.0. The highest BCUT2D eigenvalue weighted by Crippen LogP contribution is 2.46. The molecule has 4 aromatic rings. The van der Waals surface area contributed by atoms with Gasteiger partial charge in [0, 0.05) is 22.7 Å². The summed E-state index contributed by atoms with van der Waals surface area (Å²) in [4.78, 5) is 16.2. The zero-order valence-corrected chi connectivity index (χ0v) is 19.5. The number of fused-ring (bicyclic) bond motifs is 1. The first kappa shape index (κ1) is 27.2. The Labute approximate surface area is 214 Å². The van der Waals surface area contributed by atoms with Gasteiger partial charge in [0.05, 0.1) is 23.2 Å². The molecule has 0 spiro atoms. The lowest BCUT2D eigenvalue weighted by Gasteiger charge is -2.38. The van der Waals surface area contributed by atoms with E-state index in [0.717, 1.165) is 41.0 Å². The number of pyridine rings is 2. The second-order valence-corrected chi connectivity index (χ2v) is 8.58. The van der Waals surface area contributed by atoms with Gasteiger partial charge in [-0.05, 0) is 36.4 Å². The topological polar surface area (TPSA) is 108 Å². The van der Waals surface area contributed by atoms with Gasteiger partial charge in [0.15, 0.2) is 11.6 Å². The van der Waals surface area contributed by atoms with Crippen molar-refractivity contribution in [2.24, 2.45) is 0 Å². The molecular formula is C24H16ClF6N3O4. The van der Waals surface area contributed by atoms with Crippen molar-refractivity contribution < 1.29 is 41.7 Å². The van der Waals surface area contributed by atoms with Gasteiger partial charge < -0.3 is 20.6 Å². The van der Waals surface area contributed by atoms with Gasteiger partial charge in [-0.25, -0.2) is 13.8 Å². The SMILES string of the molecule is O=c1ccc2c(NC(c3ccc(Cl)c(F)c3O)C(O)(CO)C(F)(F)F)cc(F)cc2n1-c1cccc(F)n1. The number of aromatic hydroxyl groups is 1. The van der Waals surface area contributed by atoms with Crippen LogP contribution in [0.2, 0.25) is 5.02 Å². The number of phenols is 1. The summed E-state index contributed by atoms with van der Waals surface area (Å²) < 4.78 is 85.7. The van der Waals surface area contributed by atoms with Crippen molar-refractivity contribution in [1.29, 1.82) is 0 Å². The Hall–Kier alpha value is -3.81. The van der Waals surface area contributed by atoms with E-state index in [4.69, 9.17) is 11.6 Å². The maximum Gasteiger partial charge on any atom is 0.421 e. The van der Waals surface area contributed by atoms with Crippen LogP contribution in [0.15, 0.2) is 59.4 Å². The third-order valence-corrected chi connectivity index (χ3v) is 6.12. The summed E-state index contributed by atoms with van der Waals surface area (Å²) in [5, 5.41) is 31.9. The van der Waals surface area contributed by atoms with Crippen LogP contribution in [0.4, 0.5) is 32.0 Å². The quantitative estimate of drug-likeness (QED) is 0.203. The maximum atomic E-state index is 14.8. The van der Waals surface area contributed by atoms with E-state index in [2.05, 4.69) is 10.3 Å². The molecule has 2 aromatic heterocycles. The largest absolute Gasteiger partial charge is 0.505 e. The third kappa shape index (κ3) is 4.64. The molecule has 38 heavy (non-hydrogen) atoms. The van der Waals surface area contributed by atoms with Crippen LogP contribution in [0.3, 0.4) is 0 Å². The fourth-order valence-corrected chi connectivity index (χ4v) is 4.08. The van der Waals surface area contributed by atoms with Crippen molar-refractivity contribution in [3.05, 3.63) is 93.1 Å². The number of hydrogen-bond donors (Lipinski definition) is 4. The Morgan fingerprint density at radius 1 is 1.05 bits per heavy atom. The van der Waals surface area contributed by atoms with E-state index in [0.29, 0.717) is 6.07 Å². The molecule has 0 radical (unpaired) electrons. The summed E-state index contributed by atoms with van der Waals surface area (Å²) in [5.74, 6) is -5.20. The Morgan fingerprint density at radius 3 is 2.39 bits per heavy atom. The van der Waals surface area contributed by atoms with E-state index in [9.17, 15) is 46.5 Å². The Bertz CT molecular complexity index is 1600. The van der Waals surface area contributed by atoms with Crippen molar-refractivity contribution in [3.8, 4) is 11.6 Å². The van der Waals surface area contributed by atoms with E-state index in [1.807, 2.05) is 0 Å². The van der Waals surface area contributed by atoms with E-state index in [-0.39, 0.29) is 16.7 Å². The molecule has 0 aliphatic heterocycles.